The third kappa shape index (κ3) is 3.66. The van der Waals surface area contributed by atoms with Crippen molar-refractivity contribution in [2.24, 2.45) is 0 Å². The molecular weight excluding hydrogens is 615 g/mol. The van der Waals surface area contributed by atoms with Crippen molar-refractivity contribution in [3.63, 3.8) is 0 Å². The molecule has 228 valence electrons. The van der Waals surface area contributed by atoms with Crippen LogP contribution >= 0.6 is 0 Å². The monoisotopic (exact) mass is 639 g/mol. The molecule has 0 unspecified atom stereocenters. The fraction of sp³-hybridized carbons (Fsp3) is 0. The molecule has 0 saturated heterocycles. The Morgan fingerprint density at radius 1 is 0.417 bits per heavy atom. The van der Waals surface area contributed by atoms with Crippen molar-refractivity contribution in [3.05, 3.63) is 152 Å². The van der Waals surface area contributed by atoms with Crippen LogP contribution in [0.2, 0.25) is 0 Å². The van der Waals surface area contributed by atoms with E-state index in [1.807, 2.05) is 91.5 Å². The number of nitrogens with zero attached hydrogens (tertiary/aromatic N) is 5. The lowest BCUT2D eigenvalue weighted by Crippen LogP contribution is -2.12. The Morgan fingerprint density at radius 2 is 0.875 bits per heavy atom. The van der Waals surface area contributed by atoms with Crippen LogP contribution in [0.15, 0.2) is 157 Å². The molecule has 0 aliphatic heterocycles. The lowest BCUT2D eigenvalue weighted by molar-refractivity contribution is 0.590. The average molecular weight is 640 g/mol. The van der Waals surface area contributed by atoms with Crippen LogP contribution in [0.4, 0.5) is 0 Å². The standard InChI is InChI=1S/C40H25N5O2S/c46-48(47,28-8-2-1-3-9-28)45-39-16-14-26(43-35-12-6-4-10-29(35)33-24-41-20-18-37(33)43)22-31(39)32-23-27(15-17-40(32)45)44-36-13-7-5-11-30(36)34-25-42-21-19-38(34)44/h1-25H. The summed E-state index contributed by atoms with van der Waals surface area (Å²) in [5.74, 6) is 0. The number of pyridine rings is 2. The van der Waals surface area contributed by atoms with Gasteiger partial charge < -0.3 is 9.13 Å². The molecule has 0 atom stereocenters. The van der Waals surface area contributed by atoms with E-state index in [1.165, 1.54) is 3.97 Å². The molecule has 10 rings (SSSR count). The highest BCUT2D eigenvalue weighted by molar-refractivity contribution is 7.90. The molecule has 10 aromatic rings. The molecule has 0 saturated carbocycles. The van der Waals surface area contributed by atoms with Crippen molar-refractivity contribution in [2.75, 3.05) is 0 Å². The topological polar surface area (TPSA) is 74.7 Å². The van der Waals surface area contributed by atoms with Gasteiger partial charge in [-0.05, 0) is 72.8 Å². The van der Waals surface area contributed by atoms with Gasteiger partial charge in [0.15, 0.2) is 0 Å². The third-order valence-electron chi connectivity index (χ3n) is 9.43. The number of para-hydroxylation sites is 2. The zero-order valence-electron chi connectivity index (χ0n) is 25.4. The number of benzene rings is 5. The second-order valence-electron chi connectivity index (χ2n) is 12.0. The van der Waals surface area contributed by atoms with Crippen LogP contribution in [0.3, 0.4) is 0 Å². The summed E-state index contributed by atoms with van der Waals surface area (Å²) >= 11 is 0. The lowest BCUT2D eigenvalue weighted by Gasteiger charge is -2.11. The molecule has 5 aromatic heterocycles. The first-order chi connectivity index (χ1) is 23.6. The molecule has 0 aliphatic rings. The van der Waals surface area contributed by atoms with Gasteiger partial charge in [-0.25, -0.2) is 12.4 Å². The molecule has 0 fully saturated rings. The molecule has 8 heteroatoms. The molecular formula is C40H25N5O2S. The molecule has 0 amide bonds. The molecule has 0 N–H and O–H groups in total. The van der Waals surface area contributed by atoms with E-state index in [0.29, 0.717) is 11.0 Å². The van der Waals surface area contributed by atoms with Gasteiger partial charge in [-0.2, -0.15) is 0 Å². The highest BCUT2D eigenvalue weighted by atomic mass is 32.2. The summed E-state index contributed by atoms with van der Waals surface area (Å²) in [6.45, 7) is 0. The van der Waals surface area contributed by atoms with Gasteiger partial charge in [0, 0.05) is 68.5 Å². The van der Waals surface area contributed by atoms with E-state index in [4.69, 9.17) is 0 Å². The Kier molecular flexibility index (Phi) is 5.54. The number of hydrogen-bond donors (Lipinski definition) is 0. The number of hydrogen-bond acceptors (Lipinski definition) is 4. The second kappa shape index (κ2) is 9.87. The van der Waals surface area contributed by atoms with E-state index >= 15 is 0 Å². The van der Waals surface area contributed by atoms with Crippen LogP contribution in [0, 0.1) is 0 Å². The first-order valence-corrected chi connectivity index (χ1v) is 17.1. The predicted molar refractivity (Wildman–Crippen MR) is 193 cm³/mol. The molecule has 0 aliphatic carbocycles. The molecule has 0 bridgehead atoms. The molecule has 7 nitrogen and oxygen atoms in total. The van der Waals surface area contributed by atoms with E-state index in [-0.39, 0.29) is 4.90 Å². The Morgan fingerprint density at radius 3 is 1.40 bits per heavy atom. The zero-order chi connectivity index (χ0) is 32.0. The summed E-state index contributed by atoms with van der Waals surface area (Å²) < 4.78 is 34.7. The van der Waals surface area contributed by atoms with E-state index in [1.54, 1.807) is 24.3 Å². The van der Waals surface area contributed by atoms with Crippen molar-refractivity contribution in [2.45, 2.75) is 4.90 Å². The minimum absolute atomic E-state index is 0.238. The molecule has 48 heavy (non-hydrogen) atoms. The van der Waals surface area contributed by atoms with Crippen molar-refractivity contribution in [1.82, 2.24) is 23.1 Å². The molecule has 0 spiro atoms. The van der Waals surface area contributed by atoms with Gasteiger partial charge in [-0.15, -0.1) is 0 Å². The van der Waals surface area contributed by atoms with E-state index < -0.39 is 10.0 Å². The molecule has 5 heterocycles. The van der Waals surface area contributed by atoms with Crippen LogP contribution in [0.5, 0.6) is 0 Å². The van der Waals surface area contributed by atoms with E-state index in [2.05, 4.69) is 55.5 Å². The fourth-order valence-corrected chi connectivity index (χ4v) is 8.93. The Hall–Kier alpha value is -6.25. The summed E-state index contributed by atoms with van der Waals surface area (Å²) in [5.41, 5.74) is 7.28. The van der Waals surface area contributed by atoms with Crippen molar-refractivity contribution in [1.29, 1.82) is 0 Å². The maximum atomic E-state index is 14.4. The summed E-state index contributed by atoms with van der Waals surface area (Å²) in [7, 11) is -3.93. The van der Waals surface area contributed by atoms with Crippen LogP contribution in [0.25, 0.3) is 76.8 Å². The summed E-state index contributed by atoms with van der Waals surface area (Å²) in [4.78, 5) is 9.05. The largest absolute Gasteiger partial charge is 0.309 e. The average Bonchev–Trinajstić information content (AvgIpc) is 3.77. The zero-order valence-corrected chi connectivity index (χ0v) is 26.2. The van der Waals surface area contributed by atoms with Gasteiger partial charge in [0.05, 0.1) is 38.0 Å². The minimum Gasteiger partial charge on any atom is -0.309 e. The van der Waals surface area contributed by atoms with Gasteiger partial charge in [0.2, 0.25) is 0 Å². The third-order valence-corrected chi connectivity index (χ3v) is 11.2. The van der Waals surface area contributed by atoms with Gasteiger partial charge in [-0.3, -0.25) is 9.97 Å². The van der Waals surface area contributed by atoms with Crippen molar-refractivity contribution < 1.29 is 8.42 Å². The van der Waals surface area contributed by atoms with Crippen molar-refractivity contribution >= 4 is 75.4 Å². The number of rotatable bonds is 4. The normalized spacial score (nSPS) is 12.3. The fourth-order valence-electron chi connectivity index (χ4n) is 7.39. The Bertz CT molecular complexity index is 2750. The van der Waals surface area contributed by atoms with Crippen LogP contribution in [-0.2, 0) is 10.0 Å². The predicted octanol–water partition coefficient (Wildman–Crippen LogP) is 9.02. The van der Waals surface area contributed by atoms with Gasteiger partial charge in [-0.1, -0.05) is 54.6 Å². The van der Waals surface area contributed by atoms with Gasteiger partial charge in [0.1, 0.15) is 0 Å². The highest BCUT2D eigenvalue weighted by Crippen LogP contribution is 2.39. The first-order valence-electron chi connectivity index (χ1n) is 15.7. The second-order valence-corrected chi connectivity index (χ2v) is 13.8. The molecule has 0 radical (unpaired) electrons. The van der Waals surface area contributed by atoms with E-state index in [9.17, 15) is 8.42 Å². The summed E-state index contributed by atoms with van der Waals surface area (Å²) in [5, 5.41) is 6.02. The first kappa shape index (κ1) is 26.9. The number of fused-ring (bicyclic) bond motifs is 9. The van der Waals surface area contributed by atoms with E-state index in [0.717, 1.165) is 65.8 Å². The highest BCUT2D eigenvalue weighted by Gasteiger charge is 2.25. The Balaban J connectivity index is 1.31. The maximum Gasteiger partial charge on any atom is 0.268 e. The smallest absolute Gasteiger partial charge is 0.268 e. The van der Waals surface area contributed by atoms with Crippen LogP contribution in [0.1, 0.15) is 0 Å². The SMILES string of the molecule is O=S(=O)(c1ccccc1)n1c2ccc(-n3c4ccccc4c4cnccc43)cc2c2cc(-n3c4ccccc4c4cnccc43)ccc21. The minimum atomic E-state index is -3.93. The maximum absolute atomic E-state index is 14.4. The van der Waals surface area contributed by atoms with Gasteiger partial charge in [0.25, 0.3) is 10.0 Å². The quantitative estimate of drug-likeness (QED) is 0.193. The Labute approximate surface area is 274 Å². The van der Waals surface area contributed by atoms with Crippen LogP contribution < -0.4 is 0 Å². The lowest BCUT2D eigenvalue weighted by atomic mass is 10.1. The number of aromatic nitrogens is 5. The summed E-state index contributed by atoms with van der Waals surface area (Å²) in [6.07, 6.45) is 7.42. The summed E-state index contributed by atoms with van der Waals surface area (Å²) in [6, 6.07) is 41.4. The van der Waals surface area contributed by atoms with Gasteiger partial charge >= 0.3 is 0 Å². The molecule has 5 aromatic carbocycles. The van der Waals surface area contributed by atoms with Crippen LogP contribution in [-0.4, -0.2) is 31.5 Å². The van der Waals surface area contributed by atoms with Crippen molar-refractivity contribution in [3.8, 4) is 11.4 Å².